The third kappa shape index (κ3) is 2.84. The van der Waals surface area contributed by atoms with Gasteiger partial charge in [0, 0.05) is 17.8 Å². The Balaban J connectivity index is 2.27. The van der Waals surface area contributed by atoms with Gasteiger partial charge in [0.15, 0.2) is 0 Å². The van der Waals surface area contributed by atoms with Gasteiger partial charge >= 0.3 is 0 Å². The van der Waals surface area contributed by atoms with Gasteiger partial charge < -0.3 is 10.5 Å². The number of hydrogen-bond donors (Lipinski definition) is 1. The fraction of sp³-hybridized carbons (Fsp3) is 0. The maximum atomic E-state index is 5.76. The Kier molecular flexibility index (Phi) is 3.26. The Hall–Kier alpha value is -1.33. The summed E-state index contributed by atoms with van der Waals surface area (Å²) in [7, 11) is 0. The number of rotatable bonds is 2. The van der Waals surface area contributed by atoms with E-state index in [0.29, 0.717) is 27.2 Å². The van der Waals surface area contributed by atoms with Crippen LogP contribution in [0.15, 0.2) is 35.1 Å². The van der Waals surface area contributed by atoms with Crippen LogP contribution in [0.1, 0.15) is 0 Å². The summed E-state index contributed by atoms with van der Waals surface area (Å²) in [6.07, 6.45) is 0. The van der Waals surface area contributed by atoms with Gasteiger partial charge in [0.1, 0.15) is 10.9 Å². The molecule has 0 aliphatic carbocycles. The van der Waals surface area contributed by atoms with Crippen molar-refractivity contribution in [2.24, 2.45) is 0 Å². The molecule has 2 rings (SSSR count). The minimum absolute atomic E-state index is 0.306. The highest BCUT2D eigenvalue weighted by molar-refractivity contribution is 9.10. The molecule has 0 saturated heterocycles. The highest BCUT2D eigenvalue weighted by atomic mass is 79.9. The number of benzene rings is 1. The van der Waals surface area contributed by atoms with Crippen molar-refractivity contribution in [3.8, 4) is 11.6 Å². The molecule has 0 fully saturated rings. The highest BCUT2D eigenvalue weighted by Gasteiger charge is 2.03. The third-order valence-corrected chi connectivity index (χ3v) is 2.27. The van der Waals surface area contributed by atoms with Gasteiger partial charge in [0.2, 0.25) is 10.6 Å². The second-order valence-corrected chi connectivity index (χ2v) is 4.07. The summed E-state index contributed by atoms with van der Waals surface area (Å²) in [6, 6.07) is 8.57. The summed E-state index contributed by atoms with van der Waals surface area (Å²) in [6.45, 7) is 0. The molecule has 0 unspecified atom stereocenters. The Bertz CT molecular complexity index is 501. The standard InChI is InChI=1S/C10H7BrClN3O/c11-10-14-8(12)5-9(15-10)16-7-3-1-2-6(13)4-7/h1-5H,13H2. The Morgan fingerprint density at radius 1 is 1.25 bits per heavy atom. The van der Waals surface area contributed by atoms with Crippen molar-refractivity contribution in [3.05, 3.63) is 40.2 Å². The van der Waals surface area contributed by atoms with Crippen molar-refractivity contribution < 1.29 is 4.74 Å². The van der Waals surface area contributed by atoms with Gasteiger partial charge in [-0.05, 0) is 28.1 Å². The van der Waals surface area contributed by atoms with Crippen LogP contribution in [0.5, 0.6) is 11.6 Å². The first-order valence-electron chi connectivity index (χ1n) is 4.37. The number of nitrogens with two attached hydrogens (primary N) is 1. The lowest BCUT2D eigenvalue weighted by Gasteiger charge is -2.05. The van der Waals surface area contributed by atoms with Crippen LogP contribution in [-0.4, -0.2) is 9.97 Å². The van der Waals surface area contributed by atoms with Crippen molar-refractivity contribution in [1.82, 2.24) is 9.97 Å². The lowest BCUT2D eigenvalue weighted by atomic mass is 10.3. The van der Waals surface area contributed by atoms with Gasteiger partial charge in [-0.25, -0.2) is 4.98 Å². The molecule has 2 aromatic rings. The van der Waals surface area contributed by atoms with E-state index in [1.54, 1.807) is 24.3 Å². The first kappa shape index (κ1) is 11.2. The minimum Gasteiger partial charge on any atom is -0.439 e. The molecule has 0 amide bonds. The molecule has 0 spiro atoms. The Labute approximate surface area is 106 Å². The normalized spacial score (nSPS) is 10.1. The average Bonchev–Trinajstić information content (AvgIpc) is 2.15. The molecule has 1 heterocycles. The SMILES string of the molecule is Nc1cccc(Oc2cc(Cl)nc(Br)n2)c1. The predicted octanol–water partition coefficient (Wildman–Crippen LogP) is 3.27. The molecule has 2 N–H and O–H groups in total. The van der Waals surface area contributed by atoms with Gasteiger partial charge in [0.25, 0.3) is 0 Å². The third-order valence-electron chi connectivity index (χ3n) is 1.72. The molecule has 82 valence electrons. The lowest BCUT2D eigenvalue weighted by Crippen LogP contribution is -1.92. The molecule has 16 heavy (non-hydrogen) atoms. The Morgan fingerprint density at radius 2 is 2.06 bits per heavy atom. The molecule has 0 bridgehead atoms. The second kappa shape index (κ2) is 4.67. The second-order valence-electron chi connectivity index (χ2n) is 2.97. The fourth-order valence-corrected chi connectivity index (χ4v) is 1.76. The first-order chi connectivity index (χ1) is 7.63. The number of nitrogen functional groups attached to an aromatic ring is 1. The van der Waals surface area contributed by atoms with Crippen LogP contribution in [-0.2, 0) is 0 Å². The maximum absolute atomic E-state index is 5.76. The largest absolute Gasteiger partial charge is 0.439 e. The quantitative estimate of drug-likeness (QED) is 0.525. The highest BCUT2D eigenvalue weighted by Crippen LogP contribution is 2.24. The molecule has 1 aromatic carbocycles. The van der Waals surface area contributed by atoms with Crippen molar-refractivity contribution >= 4 is 33.2 Å². The summed E-state index contributed by atoms with van der Waals surface area (Å²) in [5.41, 5.74) is 6.25. The van der Waals surface area contributed by atoms with E-state index in [1.807, 2.05) is 0 Å². The van der Waals surface area contributed by atoms with E-state index < -0.39 is 0 Å². The molecule has 4 nitrogen and oxygen atoms in total. The number of halogens is 2. The van der Waals surface area contributed by atoms with Gasteiger partial charge in [-0.15, -0.1) is 0 Å². The van der Waals surface area contributed by atoms with Crippen LogP contribution >= 0.6 is 27.5 Å². The Morgan fingerprint density at radius 3 is 2.75 bits per heavy atom. The van der Waals surface area contributed by atoms with Gasteiger partial charge in [-0.2, -0.15) is 4.98 Å². The molecule has 0 saturated carbocycles. The topological polar surface area (TPSA) is 61.0 Å². The zero-order chi connectivity index (χ0) is 11.5. The van der Waals surface area contributed by atoms with E-state index in [1.165, 1.54) is 6.07 Å². The van der Waals surface area contributed by atoms with Gasteiger partial charge in [-0.3, -0.25) is 0 Å². The van der Waals surface area contributed by atoms with E-state index in [9.17, 15) is 0 Å². The minimum atomic E-state index is 0.306. The van der Waals surface area contributed by atoms with Crippen molar-refractivity contribution in [1.29, 1.82) is 0 Å². The van der Waals surface area contributed by atoms with Crippen LogP contribution in [0.2, 0.25) is 5.15 Å². The summed E-state index contributed by atoms with van der Waals surface area (Å²) in [5.74, 6) is 0.958. The van der Waals surface area contributed by atoms with E-state index in [0.717, 1.165) is 0 Å². The van der Waals surface area contributed by atoms with Crippen molar-refractivity contribution in [2.45, 2.75) is 0 Å². The van der Waals surface area contributed by atoms with Crippen LogP contribution in [0.4, 0.5) is 5.69 Å². The van der Waals surface area contributed by atoms with Crippen molar-refractivity contribution in [2.75, 3.05) is 5.73 Å². The van der Waals surface area contributed by atoms with Crippen LogP contribution < -0.4 is 10.5 Å². The number of hydrogen-bond acceptors (Lipinski definition) is 4. The molecular weight excluding hydrogens is 293 g/mol. The number of nitrogens with zero attached hydrogens (tertiary/aromatic N) is 2. The average molecular weight is 301 g/mol. The van der Waals surface area contributed by atoms with E-state index >= 15 is 0 Å². The maximum Gasteiger partial charge on any atom is 0.224 e. The molecule has 1 aromatic heterocycles. The molecule has 0 aliphatic rings. The predicted molar refractivity (Wildman–Crippen MR) is 65.7 cm³/mol. The van der Waals surface area contributed by atoms with Crippen molar-refractivity contribution in [3.63, 3.8) is 0 Å². The fourth-order valence-electron chi connectivity index (χ4n) is 1.12. The van der Waals surface area contributed by atoms with Crippen LogP contribution in [0, 0.1) is 0 Å². The molecular formula is C10H7BrClN3O. The first-order valence-corrected chi connectivity index (χ1v) is 5.54. The summed E-state index contributed by atoms with van der Waals surface area (Å²) in [4.78, 5) is 7.88. The zero-order valence-corrected chi connectivity index (χ0v) is 10.4. The van der Waals surface area contributed by atoms with E-state index in [2.05, 4.69) is 25.9 Å². The van der Waals surface area contributed by atoms with Gasteiger partial charge in [0.05, 0.1) is 0 Å². The zero-order valence-electron chi connectivity index (χ0n) is 8.02. The molecule has 0 atom stereocenters. The molecule has 6 heteroatoms. The van der Waals surface area contributed by atoms with Gasteiger partial charge in [-0.1, -0.05) is 17.7 Å². The summed E-state index contributed by atoms with van der Waals surface area (Å²) < 4.78 is 5.85. The number of aromatic nitrogens is 2. The van der Waals surface area contributed by atoms with E-state index in [-0.39, 0.29) is 0 Å². The van der Waals surface area contributed by atoms with Crippen LogP contribution in [0.3, 0.4) is 0 Å². The monoisotopic (exact) mass is 299 g/mol. The number of anilines is 1. The number of ether oxygens (including phenoxy) is 1. The smallest absolute Gasteiger partial charge is 0.224 e. The molecule has 0 aliphatic heterocycles. The summed E-state index contributed by atoms with van der Waals surface area (Å²) in [5, 5.41) is 0.306. The van der Waals surface area contributed by atoms with E-state index in [4.69, 9.17) is 22.1 Å². The molecule has 0 radical (unpaired) electrons. The summed E-state index contributed by atoms with van der Waals surface area (Å²) >= 11 is 8.89. The van der Waals surface area contributed by atoms with Crippen LogP contribution in [0.25, 0.3) is 0 Å². The lowest BCUT2D eigenvalue weighted by molar-refractivity contribution is 0.460.